The Balaban J connectivity index is 1.42. The number of rotatable bonds is 4. The fourth-order valence-corrected chi connectivity index (χ4v) is 5.17. The highest BCUT2D eigenvalue weighted by Gasteiger charge is 2.13. The SMILES string of the molecule is Fc1cc(Sc2ccc3ccccc3c2)c(F)cc1Sc1ccc2ccccc2c1. The molecule has 4 heteroatoms. The number of benzene rings is 5. The Hall–Kier alpha value is -2.82. The Morgan fingerprint density at radius 3 is 1.27 bits per heavy atom. The molecule has 0 spiro atoms. The highest BCUT2D eigenvalue weighted by atomic mass is 32.2. The number of fused-ring (bicyclic) bond motifs is 2. The Bertz CT molecular complexity index is 1270. The molecule has 5 aromatic rings. The van der Waals surface area contributed by atoms with Gasteiger partial charge in [0.2, 0.25) is 0 Å². The second-order valence-corrected chi connectivity index (χ2v) is 9.17. The van der Waals surface area contributed by atoms with Gasteiger partial charge < -0.3 is 0 Å². The van der Waals surface area contributed by atoms with Crippen LogP contribution in [0.2, 0.25) is 0 Å². The smallest absolute Gasteiger partial charge is 0.138 e. The topological polar surface area (TPSA) is 0 Å². The van der Waals surface area contributed by atoms with Gasteiger partial charge in [0.1, 0.15) is 11.6 Å². The number of halogens is 2. The molecule has 30 heavy (non-hydrogen) atoms. The van der Waals surface area contributed by atoms with Crippen LogP contribution in [0.3, 0.4) is 0 Å². The van der Waals surface area contributed by atoms with Crippen molar-refractivity contribution < 1.29 is 8.78 Å². The van der Waals surface area contributed by atoms with Crippen LogP contribution in [-0.4, -0.2) is 0 Å². The third-order valence-electron chi connectivity index (χ3n) is 4.88. The van der Waals surface area contributed by atoms with Crippen molar-refractivity contribution in [1.82, 2.24) is 0 Å². The fraction of sp³-hybridized carbons (Fsp3) is 0. The minimum Gasteiger partial charge on any atom is -0.206 e. The van der Waals surface area contributed by atoms with Crippen molar-refractivity contribution in [3.8, 4) is 0 Å². The van der Waals surface area contributed by atoms with Crippen LogP contribution in [0.15, 0.2) is 117 Å². The van der Waals surface area contributed by atoms with E-state index in [1.54, 1.807) is 0 Å². The average molecular weight is 431 g/mol. The third-order valence-corrected chi connectivity index (χ3v) is 6.93. The Morgan fingerprint density at radius 1 is 0.433 bits per heavy atom. The quantitative estimate of drug-likeness (QED) is 0.280. The Labute approximate surface area is 181 Å². The minimum atomic E-state index is -0.419. The van der Waals surface area contributed by atoms with Gasteiger partial charge in [-0.05, 0) is 57.9 Å². The molecule has 0 atom stereocenters. The van der Waals surface area contributed by atoms with Crippen LogP contribution in [0.25, 0.3) is 21.5 Å². The van der Waals surface area contributed by atoms with Crippen LogP contribution in [-0.2, 0) is 0 Å². The minimum absolute atomic E-state index is 0.283. The fourth-order valence-electron chi connectivity index (χ4n) is 3.38. The molecule has 5 rings (SSSR count). The summed E-state index contributed by atoms with van der Waals surface area (Å²) in [7, 11) is 0. The molecule has 0 aromatic heterocycles. The van der Waals surface area contributed by atoms with E-state index in [9.17, 15) is 8.78 Å². The summed E-state index contributed by atoms with van der Waals surface area (Å²) in [6, 6.07) is 30.4. The first-order chi connectivity index (χ1) is 14.7. The zero-order valence-electron chi connectivity index (χ0n) is 15.8. The van der Waals surface area contributed by atoms with E-state index < -0.39 is 11.6 Å². The van der Waals surface area contributed by atoms with Crippen molar-refractivity contribution in [2.75, 3.05) is 0 Å². The summed E-state index contributed by atoms with van der Waals surface area (Å²) < 4.78 is 29.6. The summed E-state index contributed by atoms with van der Waals surface area (Å²) in [5.74, 6) is -0.837. The molecule has 0 radical (unpaired) electrons. The maximum Gasteiger partial charge on any atom is 0.138 e. The van der Waals surface area contributed by atoms with E-state index in [0.717, 1.165) is 31.3 Å². The molecule has 0 aliphatic carbocycles. The average Bonchev–Trinajstić information content (AvgIpc) is 2.77. The van der Waals surface area contributed by atoms with E-state index in [-0.39, 0.29) is 9.79 Å². The summed E-state index contributed by atoms with van der Waals surface area (Å²) in [5.41, 5.74) is 0. The maximum absolute atomic E-state index is 14.8. The standard InChI is InChI=1S/C26H16F2S2/c27-23-16-26(30-22-12-10-18-6-2-4-8-20(18)14-22)24(28)15-25(23)29-21-11-9-17-5-1-3-7-19(17)13-21/h1-16H. The zero-order chi connectivity index (χ0) is 20.5. The summed E-state index contributed by atoms with van der Waals surface area (Å²) in [5, 5.41) is 4.39. The van der Waals surface area contributed by atoms with Crippen molar-refractivity contribution in [3.05, 3.63) is 109 Å². The van der Waals surface area contributed by atoms with Crippen LogP contribution in [0, 0.1) is 11.6 Å². The van der Waals surface area contributed by atoms with Crippen LogP contribution in [0.4, 0.5) is 8.78 Å². The van der Waals surface area contributed by atoms with Crippen molar-refractivity contribution in [3.63, 3.8) is 0 Å². The van der Waals surface area contributed by atoms with E-state index >= 15 is 0 Å². The summed E-state index contributed by atoms with van der Waals surface area (Å²) >= 11 is 2.47. The molecule has 0 unspecified atom stereocenters. The molecule has 0 saturated heterocycles. The van der Waals surface area contributed by atoms with E-state index in [1.807, 2.05) is 84.9 Å². The third kappa shape index (κ3) is 3.93. The lowest BCUT2D eigenvalue weighted by Crippen LogP contribution is -1.89. The number of hydrogen-bond donors (Lipinski definition) is 0. The van der Waals surface area contributed by atoms with Gasteiger partial charge in [-0.25, -0.2) is 8.78 Å². The van der Waals surface area contributed by atoms with Gasteiger partial charge in [-0.3, -0.25) is 0 Å². The van der Waals surface area contributed by atoms with Crippen molar-refractivity contribution in [2.24, 2.45) is 0 Å². The predicted molar refractivity (Wildman–Crippen MR) is 122 cm³/mol. The predicted octanol–water partition coefficient (Wildman–Crippen LogP) is 8.57. The molecule has 0 bridgehead atoms. The lowest BCUT2D eigenvalue weighted by Gasteiger charge is -2.09. The number of hydrogen-bond acceptors (Lipinski definition) is 2. The second-order valence-electron chi connectivity index (χ2n) is 6.94. The highest BCUT2D eigenvalue weighted by Crippen LogP contribution is 2.37. The Kier molecular flexibility index (Phi) is 5.19. The molecule has 0 N–H and O–H groups in total. The Morgan fingerprint density at radius 2 is 0.833 bits per heavy atom. The van der Waals surface area contributed by atoms with Crippen molar-refractivity contribution in [1.29, 1.82) is 0 Å². The monoisotopic (exact) mass is 430 g/mol. The van der Waals surface area contributed by atoms with Gasteiger partial charge in [-0.15, -0.1) is 0 Å². The van der Waals surface area contributed by atoms with Crippen LogP contribution >= 0.6 is 23.5 Å². The first-order valence-electron chi connectivity index (χ1n) is 9.48. The lowest BCUT2D eigenvalue weighted by atomic mass is 10.1. The molecular weight excluding hydrogens is 414 g/mol. The van der Waals surface area contributed by atoms with Gasteiger partial charge >= 0.3 is 0 Å². The first-order valence-corrected chi connectivity index (χ1v) is 11.1. The molecule has 0 aliphatic rings. The van der Waals surface area contributed by atoms with Gasteiger partial charge in [0.15, 0.2) is 0 Å². The first kappa shape index (κ1) is 19.2. The van der Waals surface area contributed by atoms with Gasteiger partial charge in [0.05, 0.1) is 9.79 Å². The largest absolute Gasteiger partial charge is 0.206 e. The van der Waals surface area contributed by atoms with E-state index in [4.69, 9.17) is 0 Å². The molecule has 146 valence electrons. The molecular formula is C26H16F2S2. The molecule has 0 fully saturated rings. The summed E-state index contributed by atoms with van der Waals surface area (Å²) in [6.45, 7) is 0. The van der Waals surface area contributed by atoms with E-state index in [1.165, 1.54) is 35.7 Å². The summed E-state index contributed by atoms with van der Waals surface area (Å²) in [4.78, 5) is 2.32. The molecule has 0 aliphatic heterocycles. The highest BCUT2D eigenvalue weighted by molar-refractivity contribution is 7.99. The lowest BCUT2D eigenvalue weighted by molar-refractivity contribution is 0.557. The van der Waals surface area contributed by atoms with Crippen molar-refractivity contribution in [2.45, 2.75) is 19.6 Å². The molecule has 0 saturated carbocycles. The second kappa shape index (κ2) is 8.13. The van der Waals surface area contributed by atoms with Gasteiger partial charge in [-0.2, -0.15) is 0 Å². The van der Waals surface area contributed by atoms with Gasteiger partial charge in [0, 0.05) is 9.79 Å². The van der Waals surface area contributed by atoms with Crippen LogP contribution in [0.5, 0.6) is 0 Å². The van der Waals surface area contributed by atoms with Crippen molar-refractivity contribution >= 4 is 45.1 Å². The van der Waals surface area contributed by atoms with Gasteiger partial charge in [0.25, 0.3) is 0 Å². The van der Waals surface area contributed by atoms with Gasteiger partial charge in [-0.1, -0.05) is 84.2 Å². The van der Waals surface area contributed by atoms with Crippen LogP contribution in [0.1, 0.15) is 0 Å². The van der Waals surface area contributed by atoms with E-state index in [0.29, 0.717) is 0 Å². The van der Waals surface area contributed by atoms with E-state index in [2.05, 4.69) is 0 Å². The zero-order valence-corrected chi connectivity index (χ0v) is 17.4. The van der Waals surface area contributed by atoms with Crippen LogP contribution < -0.4 is 0 Å². The maximum atomic E-state index is 14.8. The molecule has 0 heterocycles. The molecule has 5 aromatic carbocycles. The molecule has 0 amide bonds. The summed E-state index contributed by atoms with van der Waals surface area (Å²) in [6.07, 6.45) is 0. The normalized spacial score (nSPS) is 11.3. The molecule has 0 nitrogen and oxygen atoms in total.